The Morgan fingerprint density at radius 3 is 1.55 bits per heavy atom. The number of methoxy groups -OCH3 is 2. The number of ether oxygens (including phenoxy) is 5. The molecule has 0 unspecified atom stereocenters. The topological polar surface area (TPSA) is 272 Å². The van der Waals surface area contributed by atoms with Gasteiger partial charge in [0.2, 0.25) is 35.4 Å². The number of hydrogen-bond donors (Lipinski definition) is 6. The number of carbonyl (C=O) groups is 9. The van der Waals surface area contributed by atoms with Crippen LogP contribution in [0.1, 0.15) is 160 Å². The van der Waals surface area contributed by atoms with E-state index in [0.29, 0.717) is 5.56 Å². The molecule has 422 valence electrons. The Bertz CT molecular complexity index is 2170. The quantitative estimate of drug-likeness (QED) is 0.0306. The zero-order valence-electron chi connectivity index (χ0n) is 47.8. The minimum atomic E-state index is -1.64. The summed E-state index contributed by atoms with van der Waals surface area (Å²) in [6.45, 7) is 27.2. The molecule has 6 atom stereocenters. The third-order valence-corrected chi connectivity index (χ3v) is 10.8. The molecule has 0 saturated carbocycles. The van der Waals surface area contributed by atoms with Crippen LogP contribution < -0.4 is 31.9 Å². The molecule has 20 heteroatoms. The lowest BCUT2D eigenvalue weighted by Gasteiger charge is -2.34. The molecule has 0 spiro atoms. The highest BCUT2D eigenvalue weighted by atomic mass is 16.7. The maximum Gasteiger partial charge on any atom is 0.308 e. The Hall–Kier alpha value is -6.07. The van der Waals surface area contributed by atoms with Crippen molar-refractivity contribution in [1.29, 1.82) is 0 Å². The standard InChI is InChI=1S/C55H88N6O14/c1-19-20-25-37(51(71-17)72-18)58-47(67)38(30-33(2)3)60-50(70)45(52(5,6)7)61-49(69)39(31-35-24-22-21-23-34(35)4)59-46(66)36(26-28-42(63)73-53(8,9)10)57-48(68)40(32-44(65)75-55(14,15)16)56-41(62)27-29-43(64)74-54(11,12)13/h21-24,33,36-40,45,51H,25-32H2,1-18H3,(H,56,62)(H,57,68)(H,58,67)(H,59,66)(H,60,70)(H,61,69)/t36-,37-,38-,39-,40-,45+/m0/s1. The Morgan fingerprint density at radius 2 is 1.04 bits per heavy atom. The van der Waals surface area contributed by atoms with Gasteiger partial charge in [-0.1, -0.05) is 58.9 Å². The summed E-state index contributed by atoms with van der Waals surface area (Å²) in [4.78, 5) is 124. The number of hydrogen-bond acceptors (Lipinski definition) is 14. The molecule has 0 fully saturated rings. The molecule has 0 aliphatic heterocycles. The van der Waals surface area contributed by atoms with Crippen LogP contribution in [0.4, 0.5) is 0 Å². The zero-order valence-corrected chi connectivity index (χ0v) is 47.8. The first-order valence-electron chi connectivity index (χ1n) is 25.5. The molecule has 0 radical (unpaired) electrons. The molecule has 0 saturated heterocycles. The van der Waals surface area contributed by atoms with E-state index in [0.717, 1.165) is 5.56 Å². The Kier molecular flexibility index (Phi) is 27.2. The van der Waals surface area contributed by atoms with Crippen LogP contribution in [0.2, 0.25) is 0 Å². The lowest BCUT2D eigenvalue weighted by molar-refractivity contribution is -0.158. The first-order valence-corrected chi connectivity index (χ1v) is 25.5. The van der Waals surface area contributed by atoms with Crippen molar-refractivity contribution in [3.05, 3.63) is 35.4 Å². The summed E-state index contributed by atoms with van der Waals surface area (Å²) in [5, 5.41) is 16.3. The number of aryl methyl sites for hydroxylation is 1. The van der Waals surface area contributed by atoms with E-state index < -0.39 is 137 Å². The van der Waals surface area contributed by atoms with E-state index >= 15 is 0 Å². The number of rotatable bonds is 27. The normalized spacial score (nSPS) is 14.3. The molecule has 20 nitrogen and oxygen atoms in total. The highest BCUT2D eigenvalue weighted by molar-refractivity contribution is 5.98. The van der Waals surface area contributed by atoms with Gasteiger partial charge in [-0.15, -0.1) is 11.8 Å². The fourth-order valence-electron chi connectivity index (χ4n) is 7.38. The highest BCUT2D eigenvalue weighted by Crippen LogP contribution is 2.22. The van der Waals surface area contributed by atoms with Crippen LogP contribution in [0.3, 0.4) is 0 Å². The van der Waals surface area contributed by atoms with Crippen molar-refractivity contribution in [3.63, 3.8) is 0 Å². The summed E-state index contributed by atoms with van der Waals surface area (Å²) in [5.74, 6) is -1.38. The summed E-state index contributed by atoms with van der Waals surface area (Å²) >= 11 is 0. The maximum absolute atomic E-state index is 14.7. The van der Waals surface area contributed by atoms with Gasteiger partial charge in [-0.2, -0.15) is 0 Å². The van der Waals surface area contributed by atoms with Crippen molar-refractivity contribution >= 4 is 53.4 Å². The van der Waals surface area contributed by atoms with Gasteiger partial charge < -0.3 is 55.6 Å². The van der Waals surface area contributed by atoms with Crippen LogP contribution in [0, 0.1) is 30.1 Å². The minimum Gasteiger partial charge on any atom is -0.460 e. The summed E-state index contributed by atoms with van der Waals surface area (Å²) in [7, 11) is 2.86. The second-order valence-corrected chi connectivity index (χ2v) is 23.0. The van der Waals surface area contributed by atoms with Crippen molar-refractivity contribution in [2.24, 2.45) is 11.3 Å². The summed E-state index contributed by atoms with van der Waals surface area (Å²) < 4.78 is 27.1. The van der Waals surface area contributed by atoms with E-state index in [-0.39, 0.29) is 38.0 Å². The van der Waals surface area contributed by atoms with Crippen LogP contribution in [0.15, 0.2) is 24.3 Å². The molecule has 0 aliphatic rings. The molecule has 0 heterocycles. The van der Waals surface area contributed by atoms with Crippen LogP contribution >= 0.6 is 0 Å². The molecule has 0 bridgehead atoms. The number of esters is 3. The van der Waals surface area contributed by atoms with Crippen molar-refractivity contribution in [1.82, 2.24) is 31.9 Å². The van der Waals surface area contributed by atoms with Gasteiger partial charge in [-0.05, 0) is 111 Å². The minimum absolute atomic E-state index is 0.0660. The van der Waals surface area contributed by atoms with E-state index in [1.807, 2.05) is 26.8 Å². The Balaban J connectivity index is 3.80. The van der Waals surface area contributed by atoms with Gasteiger partial charge in [-0.25, -0.2) is 0 Å². The molecule has 0 aromatic heterocycles. The number of carbonyl (C=O) groups excluding carboxylic acids is 9. The molecular weight excluding hydrogens is 969 g/mol. The zero-order chi connectivity index (χ0) is 57.6. The molecular formula is C55H88N6O14. The van der Waals surface area contributed by atoms with Gasteiger partial charge in [0.05, 0.1) is 18.9 Å². The molecule has 1 aromatic rings. The molecule has 6 amide bonds. The Morgan fingerprint density at radius 1 is 0.560 bits per heavy atom. The average molecular weight is 1060 g/mol. The predicted molar refractivity (Wildman–Crippen MR) is 282 cm³/mol. The lowest BCUT2D eigenvalue weighted by Crippen LogP contribution is -2.62. The highest BCUT2D eigenvalue weighted by Gasteiger charge is 2.39. The van der Waals surface area contributed by atoms with Crippen molar-refractivity contribution in [3.8, 4) is 11.8 Å². The summed E-state index contributed by atoms with van der Waals surface area (Å²) in [6.07, 6.45) is -2.76. The molecule has 6 N–H and O–H groups in total. The van der Waals surface area contributed by atoms with Crippen LogP contribution in [-0.2, 0) is 73.3 Å². The van der Waals surface area contributed by atoms with Crippen molar-refractivity contribution in [2.45, 2.75) is 221 Å². The van der Waals surface area contributed by atoms with E-state index in [4.69, 9.17) is 23.7 Å². The van der Waals surface area contributed by atoms with Gasteiger partial charge in [0.25, 0.3) is 0 Å². The van der Waals surface area contributed by atoms with Crippen LogP contribution in [-0.4, -0.2) is 127 Å². The fourth-order valence-corrected chi connectivity index (χ4v) is 7.38. The van der Waals surface area contributed by atoms with Crippen LogP contribution in [0.5, 0.6) is 0 Å². The van der Waals surface area contributed by atoms with Crippen molar-refractivity contribution < 1.29 is 66.8 Å². The van der Waals surface area contributed by atoms with E-state index in [1.165, 1.54) is 14.2 Å². The average Bonchev–Trinajstić information content (AvgIpc) is 3.25. The maximum atomic E-state index is 14.7. The Labute approximate surface area is 445 Å². The predicted octanol–water partition coefficient (Wildman–Crippen LogP) is 4.55. The van der Waals surface area contributed by atoms with E-state index in [2.05, 4.69) is 43.7 Å². The first kappa shape index (κ1) is 66.9. The summed E-state index contributed by atoms with van der Waals surface area (Å²) in [6, 6.07) is -0.575. The molecule has 1 rings (SSSR count). The van der Waals surface area contributed by atoms with Gasteiger partial charge in [0, 0.05) is 39.9 Å². The van der Waals surface area contributed by atoms with Crippen molar-refractivity contribution in [2.75, 3.05) is 14.2 Å². The number of amides is 6. The largest absolute Gasteiger partial charge is 0.460 e. The van der Waals surface area contributed by atoms with E-state index in [1.54, 1.807) is 108 Å². The van der Waals surface area contributed by atoms with Crippen LogP contribution in [0.25, 0.3) is 0 Å². The second kappa shape index (κ2) is 30.5. The second-order valence-electron chi connectivity index (χ2n) is 23.0. The van der Waals surface area contributed by atoms with Gasteiger partial charge in [0.1, 0.15) is 47.0 Å². The van der Waals surface area contributed by atoms with Gasteiger partial charge in [-0.3, -0.25) is 43.2 Å². The third-order valence-electron chi connectivity index (χ3n) is 10.8. The molecule has 1 aromatic carbocycles. The first-order chi connectivity index (χ1) is 34.5. The summed E-state index contributed by atoms with van der Waals surface area (Å²) in [5.41, 5.74) is -2.27. The van der Waals surface area contributed by atoms with E-state index in [9.17, 15) is 43.2 Å². The molecule has 75 heavy (non-hydrogen) atoms. The SMILES string of the molecule is CC#CC[C@H](NC(=O)[C@H](CC(C)C)NC(=O)[C@@H](NC(=O)[C@H](Cc1ccccc1C)NC(=O)[C@H](CCC(=O)OC(C)(C)C)NC(=O)[C@H](CC(=O)OC(C)(C)C)NC(=O)CCC(=O)OC(C)(C)C)C(C)(C)C)C(OC)OC. The number of nitrogens with one attached hydrogen (secondary N) is 6. The fraction of sp³-hybridized carbons (Fsp3) is 0.691. The van der Waals surface area contributed by atoms with Gasteiger partial charge >= 0.3 is 17.9 Å². The monoisotopic (exact) mass is 1060 g/mol. The van der Waals surface area contributed by atoms with Gasteiger partial charge in [0.15, 0.2) is 6.29 Å². The lowest BCUT2D eigenvalue weighted by atomic mass is 9.85. The smallest absolute Gasteiger partial charge is 0.308 e. The third kappa shape index (κ3) is 27.3. The number of benzene rings is 1. The molecule has 0 aliphatic carbocycles.